The average molecular weight is 262 g/mol. The van der Waals surface area contributed by atoms with Crippen molar-refractivity contribution >= 4 is 11.6 Å². The zero-order valence-electron chi connectivity index (χ0n) is 11.8. The fourth-order valence-electron chi connectivity index (χ4n) is 2.68. The largest absolute Gasteiger partial charge is 0.494 e. The van der Waals surface area contributed by atoms with Gasteiger partial charge in [-0.1, -0.05) is 13.0 Å². The number of likely N-dealkylation sites (tertiary alicyclic amines) is 1. The van der Waals surface area contributed by atoms with Crippen LogP contribution in [0.1, 0.15) is 37.0 Å². The summed E-state index contributed by atoms with van der Waals surface area (Å²) in [4.78, 5) is 14.6. The minimum absolute atomic E-state index is 0.0169. The highest BCUT2D eigenvalue weighted by molar-refractivity contribution is 5.98. The molecule has 0 aliphatic carbocycles. The van der Waals surface area contributed by atoms with Gasteiger partial charge in [0, 0.05) is 12.6 Å². The van der Waals surface area contributed by atoms with Gasteiger partial charge >= 0.3 is 0 Å². The molecular formula is C15H22N2O2. The molecule has 104 valence electrons. The number of benzene rings is 1. The summed E-state index contributed by atoms with van der Waals surface area (Å²) < 4.78 is 5.28. The van der Waals surface area contributed by atoms with Crippen molar-refractivity contribution < 1.29 is 9.53 Å². The van der Waals surface area contributed by atoms with Gasteiger partial charge in [0.05, 0.1) is 18.4 Å². The monoisotopic (exact) mass is 262 g/mol. The van der Waals surface area contributed by atoms with E-state index in [4.69, 9.17) is 10.5 Å². The number of piperidine rings is 1. The summed E-state index contributed by atoms with van der Waals surface area (Å²) in [5.74, 6) is 1.05. The molecule has 0 saturated carbocycles. The van der Waals surface area contributed by atoms with E-state index < -0.39 is 0 Å². The maximum atomic E-state index is 12.7. The first-order valence-electron chi connectivity index (χ1n) is 6.78. The second-order valence-corrected chi connectivity index (χ2v) is 5.42. The lowest BCUT2D eigenvalue weighted by atomic mass is 9.94. The Labute approximate surface area is 114 Å². The Balaban J connectivity index is 2.31. The van der Waals surface area contributed by atoms with Crippen LogP contribution in [0.4, 0.5) is 5.69 Å². The van der Waals surface area contributed by atoms with Crippen LogP contribution in [0.3, 0.4) is 0 Å². The predicted octanol–water partition coefficient (Wildman–Crippen LogP) is 2.54. The molecule has 1 amide bonds. The molecule has 0 aromatic heterocycles. The number of carbonyl (C=O) groups is 1. The summed E-state index contributed by atoms with van der Waals surface area (Å²) in [6.45, 7) is 5.09. The third-order valence-electron chi connectivity index (χ3n) is 3.86. The van der Waals surface area contributed by atoms with Crippen LogP contribution in [0, 0.1) is 5.92 Å². The Bertz CT molecular complexity index is 473. The van der Waals surface area contributed by atoms with Gasteiger partial charge in [-0.2, -0.15) is 0 Å². The molecule has 0 bridgehead atoms. The van der Waals surface area contributed by atoms with Crippen LogP contribution in [-0.4, -0.2) is 30.5 Å². The molecule has 1 aliphatic rings. The van der Waals surface area contributed by atoms with Crippen molar-refractivity contribution in [3.05, 3.63) is 23.8 Å². The Morgan fingerprint density at radius 1 is 1.37 bits per heavy atom. The first-order chi connectivity index (χ1) is 9.04. The van der Waals surface area contributed by atoms with Crippen molar-refractivity contribution in [3.63, 3.8) is 0 Å². The van der Waals surface area contributed by atoms with Gasteiger partial charge in [0.2, 0.25) is 0 Å². The number of hydrogen-bond donors (Lipinski definition) is 1. The Hall–Kier alpha value is -1.71. The lowest BCUT2D eigenvalue weighted by Gasteiger charge is -2.37. The van der Waals surface area contributed by atoms with E-state index in [0.717, 1.165) is 13.0 Å². The molecule has 2 unspecified atom stereocenters. The Morgan fingerprint density at radius 3 is 2.79 bits per heavy atom. The molecule has 0 radical (unpaired) electrons. The zero-order valence-corrected chi connectivity index (χ0v) is 11.8. The zero-order chi connectivity index (χ0) is 14.0. The maximum absolute atomic E-state index is 12.7. The number of rotatable bonds is 2. The van der Waals surface area contributed by atoms with Crippen LogP contribution in [0.2, 0.25) is 0 Å². The van der Waals surface area contributed by atoms with E-state index in [9.17, 15) is 4.79 Å². The lowest BCUT2D eigenvalue weighted by Crippen LogP contribution is -2.45. The number of carbonyl (C=O) groups excluding carboxylic acids is 1. The number of anilines is 1. The highest BCUT2D eigenvalue weighted by atomic mass is 16.5. The fourth-order valence-corrected chi connectivity index (χ4v) is 2.68. The van der Waals surface area contributed by atoms with E-state index >= 15 is 0 Å². The van der Waals surface area contributed by atoms with E-state index in [2.05, 4.69) is 13.8 Å². The predicted molar refractivity (Wildman–Crippen MR) is 76.3 cm³/mol. The van der Waals surface area contributed by atoms with Crippen molar-refractivity contribution in [1.82, 2.24) is 4.90 Å². The van der Waals surface area contributed by atoms with Gasteiger partial charge in [0.1, 0.15) is 0 Å². The standard InChI is InChI=1S/C15H22N2O2/c1-10-7-8-11(2)17(9-10)15(18)12-5-4-6-13(16)14(12)19-3/h4-6,10-11H,7-9,16H2,1-3H3. The van der Waals surface area contributed by atoms with Gasteiger partial charge in [-0.25, -0.2) is 0 Å². The van der Waals surface area contributed by atoms with Crippen LogP contribution >= 0.6 is 0 Å². The molecule has 1 saturated heterocycles. The van der Waals surface area contributed by atoms with Gasteiger partial charge in [-0.05, 0) is 37.8 Å². The first kappa shape index (κ1) is 13.7. The van der Waals surface area contributed by atoms with Gasteiger partial charge in [0.25, 0.3) is 5.91 Å². The number of methoxy groups -OCH3 is 1. The van der Waals surface area contributed by atoms with Crippen molar-refractivity contribution in [3.8, 4) is 5.75 Å². The van der Waals surface area contributed by atoms with Crippen LogP contribution in [-0.2, 0) is 0 Å². The van der Waals surface area contributed by atoms with Crippen molar-refractivity contribution in [2.45, 2.75) is 32.7 Å². The molecule has 1 fully saturated rings. The topological polar surface area (TPSA) is 55.6 Å². The molecule has 2 atom stereocenters. The Morgan fingerprint density at radius 2 is 2.11 bits per heavy atom. The van der Waals surface area contributed by atoms with E-state index in [-0.39, 0.29) is 11.9 Å². The summed E-state index contributed by atoms with van der Waals surface area (Å²) in [5.41, 5.74) is 6.93. The van der Waals surface area contributed by atoms with Crippen molar-refractivity contribution in [1.29, 1.82) is 0 Å². The van der Waals surface area contributed by atoms with Gasteiger partial charge in [0.15, 0.2) is 5.75 Å². The number of para-hydroxylation sites is 1. The van der Waals surface area contributed by atoms with Gasteiger partial charge in [-0.15, -0.1) is 0 Å². The van der Waals surface area contributed by atoms with Crippen LogP contribution in [0.25, 0.3) is 0 Å². The van der Waals surface area contributed by atoms with E-state index in [1.54, 1.807) is 25.3 Å². The molecule has 1 aromatic carbocycles. The van der Waals surface area contributed by atoms with Crippen molar-refractivity contribution in [2.75, 3.05) is 19.4 Å². The summed E-state index contributed by atoms with van der Waals surface area (Å²) in [6.07, 6.45) is 2.23. The van der Waals surface area contributed by atoms with E-state index in [1.165, 1.54) is 6.42 Å². The molecule has 1 aliphatic heterocycles. The average Bonchev–Trinajstić information content (AvgIpc) is 2.40. The smallest absolute Gasteiger partial charge is 0.257 e. The summed E-state index contributed by atoms with van der Waals surface area (Å²) >= 11 is 0. The van der Waals surface area contributed by atoms with Gasteiger partial charge < -0.3 is 15.4 Å². The van der Waals surface area contributed by atoms with Crippen LogP contribution in [0.15, 0.2) is 18.2 Å². The SMILES string of the molecule is COc1c(N)cccc1C(=O)N1CC(C)CCC1C. The van der Waals surface area contributed by atoms with Crippen molar-refractivity contribution in [2.24, 2.45) is 5.92 Å². The molecule has 2 rings (SSSR count). The maximum Gasteiger partial charge on any atom is 0.257 e. The second-order valence-electron chi connectivity index (χ2n) is 5.42. The summed E-state index contributed by atoms with van der Waals surface area (Å²) in [5, 5.41) is 0. The highest BCUT2D eigenvalue weighted by Crippen LogP contribution is 2.30. The van der Waals surface area contributed by atoms with Crippen LogP contribution in [0.5, 0.6) is 5.75 Å². The molecular weight excluding hydrogens is 240 g/mol. The minimum atomic E-state index is 0.0169. The van der Waals surface area contributed by atoms with E-state index in [1.807, 2.05) is 4.90 Å². The van der Waals surface area contributed by atoms with E-state index in [0.29, 0.717) is 22.9 Å². The normalized spacial score (nSPS) is 23.2. The highest BCUT2D eigenvalue weighted by Gasteiger charge is 2.29. The number of nitrogen functional groups attached to an aromatic ring is 1. The second kappa shape index (κ2) is 5.51. The minimum Gasteiger partial charge on any atom is -0.494 e. The fraction of sp³-hybridized carbons (Fsp3) is 0.533. The molecule has 2 N–H and O–H groups in total. The molecule has 4 heteroatoms. The third kappa shape index (κ3) is 2.67. The summed E-state index contributed by atoms with van der Waals surface area (Å²) in [7, 11) is 1.55. The Kier molecular flexibility index (Phi) is 3.98. The first-order valence-corrected chi connectivity index (χ1v) is 6.78. The van der Waals surface area contributed by atoms with Crippen LogP contribution < -0.4 is 10.5 Å². The number of nitrogens with two attached hydrogens (primary N) is 1. The quantitative estimate of drug-likeness (QED) is 0.833. The lowest BCUT2D eigenvalue weighted by molar-refractivity contribution is 0.0571. The molecule has 1 aromatic rings. The summed E-state index contributed by atoms with van der Waals surface area (Å²) in [6, 6.07) is 5.60. The number of nitrogens with zero attached hydrogens (tertiary/aromatic N) is 1. The number of hydrogen-bond acceptors (Lipinski definition) is 3. The molecule has 19 heavy (non-hydrogen) atoms. The van der Waals surface area contributed by atoms with Gasteiger partial charge in [-0.3, -0.25) is 4.79 Å². The number of ether oxygens (including phenoxy) is 1. The molecule has 0 spiro atoms. The third-order valence-corrected chi connectivity index (χ3v) is 3.86. The molecule has 4 nitrogen and oxygen atoms in total. The molecule has 1 heterocycles. The number of amides is 1.